The number of ether oxygens (including phenoxy) is 2. The fourth-order valence-electron chi connectivity index (χ4n) is 4.99. The zero-order chi connectivity index (χ0) is 28.5. The van der Waals surface area contributed by atoms with E-state index in [2.05, 4.69) is 23.3 Å². The molecule has 2 heterocycles. The first-order valence-electron chi connectivity index (χ1n) is 14.0. The summed E-state index contributed by atoms with van der Waals surface area (Å²) in [5.41, 5.74) is 3.95. The van der Waals surface area contributed by atoms with E-state index in [0.717, 1.165) is 35.6 Å². The third-order valence-electron chi connectivity index (χ3n) is 7.57. The average molecular weight is 564 g/mol. The highest BCUT2D eigenvalue weighted by atomic mass is 32.1. The van der Waals surface area contributed by atoms with Crippen molar-refractivity contribution in [2.45, 2.75) is 39.7 Å². The standard InChI is InChI=1S/C32H41N3O4S/c1-24-7-10-27(11-8-24)32(37)35(19-18-33-15-5-6-16-33)23-31(36)34(22-30-25(2)14-20-40-30)17-13-26-9-12-28(38-3)29(21-26)39-4/h7-12,14,20-21H,5-6,13,15-19,22-23H2,1-4H3. The first kappa shape index (κ1) is 29.6. The predicted octanol–water partition coefficient (Wildman–Crippen LogP) is 5.19. The monoisotopic (exact) mass is 563 g/mol. The van der Waals surface area contributed by atoms with Crippen molar-refractivity contribution in [2.24, 2.45) is 0 Å². The third kappa shape index (κ3) is 7.86. The van der Waals surface area contributed by atoms with Gasteiger partial charge in [0.1, 0.15) is 6.54 Å². The van der Waals surface area contributed by atoms with Gasteiger partial charge >= 0.3 is 0 Å². The van der Waals surface area contributed by atoms with Gasteiger partial charge in [-0.2, -0.15) is 0 Å². The molecule has 1 aromatic heterocycles. The number of rotatable bonds is 13. The highest BCUT2D eigenvalue weighted by Gasteiger charge is 2.24. The normalized spacial score (nSPS) is 13.3. The lowest BCUT2D eigenvalue weighted by atomic mass is 10.1. The van der Waals surface area contributed by atoms with Gasteiger partial charge in [-0.1, -0.05) is 23.8 Å². The van der Waals surface area contributed by atoms with Crippen molar-refractivity contribution in [1.29, 1.82) is 0 Å². The van der Waals surface area contributed by atoms with E-state index in [1.807, 2.05) is 54.3 Å². The number of aryl methyl sites for hydroxylation is 2. The van der Waals surface area contributed by atoms with Crippen LogP contribution in [0.25, 0.3) is 0 Å². The second-order valence-electron chi connectivity index (χ2n) is 10.4. The van der Waals surface area contributed by atoms with E-state index in [-0.39, 0.29) is 18.4 Å². The van der Waals surface area contributed by atoms with Gasteiger partial charge in [-0.25, -0.2) is 0 Å². The van der Waals surface area contributed by atoms with Gasteiger partial charge in [-0.3, -0.25) is 9.59 Å². The molecule has 2 amide bonds. The van der Waals surface area contributed by atoms with Crippen molar-refractivity contribution >= 4 is 23.2 Å². The molecule has 0 saturated carbocycles. The summed E-state index contributed by atoms with van der Waals surface area (Å²) in [4.78, 5) is 34.7. The average Bonchev–Trinajstić information content (AvgIpc) is 3.64. The Morgan fingerprint density at radius 3 is 2.27 bits per heavy atom. The smallest absolute Gasteiger partial charge is 0.254 e. The molecule has 0 bridgehead atoms. The Morgan fingerprint density at radius 1 is 0.900 bits per heavy atom. The van der Waals surface area contributed by atoms with Crippen LogP contribution in [0.3, 0.4) is 0 Å². The number of hydrogen-bond donors (Lipinski definition) is 0. The first-order valence-corrected chi connectivity index (χ1v) is 14.9. The highest BCUT2D eigenvalue weighted by Crippen LogP contribution is 2.28. The lowest BCUT2D eigenvalue weighted by Crippen LogP contribution is -2.45. The fourth-order valence-corrected chi connectivity index (χ4v) is 5.92. The molecule has 1 aliphatic rings. The predicted molar refractivity (Wildman–Crippen MR) is 160 cm³/mol. The maximum Gasteiger partial charge on any atom is 0.254 e. The van der Waals surface area contributed by atoms with Crippen LogP contribution in [-0.4, -0.2) is 80.0 Å². The minimum Gasteiger partial charge on any atom is -0.493 e. The van der Waals surface area contributed by atoms with Crippen molar-refractivity contribution in [3.8, 4) is 11.5 Å². The molecule has 0 radical (unpaired) electrons. The van der Waals surface area contributed by atoms with Crippen LogP contribution in [0.5, 0.6) is 11.5 Å². The molecule has 7 nitrogen and oxygen atoms in total. The van der Waals surface area contributed by atoms with E-state index in [0.29, 0.717) is 43.1 Å². The van der Waals surface area contributed by atoms with Crippen molar-refractivity contribution < 1.29 is 19.1 Å². The van der Waals surface area contributed by atoms with Crippen LogP contribution in [0.4, 0.5) is 0 Å². The number of nitrogens with zero attached hydrogens (tertiary/aromatic N) is 3. The quantitative estimate of drug-likeness (QED) is 0.286. The van der Waals surface area contributed by atoms with Crippen molar-refractivity contribution in [2.75, 3.05) is 53.5 Å². The maximum atomic E-state index is 13.9. The summed E-state index contributed by atoms with van der Waals surface area (Å²) in [6.45, 7) is 8.60. The van der Waals surface area contributed by atoms with Gasteiger partial charge in [0.25, 0.3) is 5.91 Å². The highest BCUT2D eigenvalue weighted by molar-refractivity contribution is 7.10. The number of methoxy groups -OCH3 is 2. The van der Waals surface area contributed by atoms with Crippen molar-refractivity contribution in [1.82, 2.24) is 14.7 Å². The van der Waals surface area contributed by atoms with Crippen LogP contribution in [0.2, 0.25) is 0 Å². The SMILES string of the molecule is COc1ccc(CCN(Cc2sccc2C)C(=O)CN(CCN2CCCC2)C(=O)c2ccc(C)cc2)cc1OC. The Balaban J connectivity index is 1.52. The summed E-state index contributed by atoms with van der Waals surface area (Å²) in [6, 6.07) is 15.5. The van der Waals surface area contributed by atoms with Crippen LogP contribution in [0, 0.1) is 13.8 Å². The molecule has 1 saturated heterocycles. The van der Waals surface area contributed by atoms with E-state index in [1.165, 1.54) is 18.4 Å². The second-order valence-corrected chi connectivity index (χ2v) is 11.4. The van der Waals surface area contributed by atoms with Gasteiger partial charge in [0.2, 0.25) is 5.91 Å². The summed E-state index contributed by atoms with van der Waals surface area (Å²) >= 11 is 1.66. The number of hydrogen-bond acceptors (Lipinski definition) is 6. The number of thiophene rings is 1. The van der Waals surface area contributed by atoms with E-state index < -0.39 is 0 Å². The summed E-state index contributed by atoms with van der Waals surface area (Å²) in [7, 11) is 3.24. The lowest BCUT2D eigenvalue weighted by Gasteiger charge is -2.29. The van der Waals surface area contributed by atoms with Crippen LogP contribution in [0.1, 0.15) is 44.8 Å². The number of likely N-dealkylation sites (tertiary alicyclic amines) is 1. The van der Waals surface area contributed by atoms with Crippen LogP contribution < -0.4 is 9.47 Å². The molecule has 0 unspecified atom stereocenters. The summed E-state index contributed by atoms with van der Waals surface area (Å²) in [5, 5.41) is 2.06. The molecule has 4 rings (SSSR count). The van der Waals surface area contributed by atoms with E-state index in [4.69, 9.17) is 9.47 Å². The molecular weight excluding hydrogens is 522 g/mol. The molecule has 0 aliphatic carbocycles. The van der Waals surface area contributed by atoms with Gasteiger partial charge in [-0.15, -0.1) is 11.3 Å². The number of amides is 2. The topological polar surface area (TPSA) is 62.3 Å². The third-order valence-corrected chi connectivity index (χ3v) is 8.58. The molecule has 214 valence electrons. The molecule has 0 spiro atoms. The molecule has 1 aliphatic heterocycles. The van der Waals surface area contributed by atoms with Crippen molar-refractivity contribution in [3.63, 3.8) is 0 Å². The minimum atomic E-state index is -0.0975. The molecular formula is C32H41N3O4S. The summed E-state index contributed by atoms with van der Waals surface area (Å²) < 4.78 is 10.9. The lowest BCUT2D eigenvalue weighted by molar-refractivity contribution is -0.132. The number of carbonyl (C=O) groups excluding carboxylic acids is 2. The second kappa shape index (κ2) is 14.3. The first-order chi connectivity index (χ1) is 19.4. The maximum absolute atomic E-state index is 13.9. The van der Waals surface area contributed by atoms with Gasteiger partial charge in [0, 0.05) is 30.1 Å². The van der Waals surface area contributed by atoms with Crippen LogP contribution in [-0.2, 0) is 17.8 Å². The molecule has 3 aromatic rings. The van der Waals surface area contributed by atoms with Gasteiger partial charge in [0.05, 0.1) is 20.8 Å². The van der Waals surface area contributed by atoms with E-state index in [1.54, 1.807) is 30.5 Å². The van der Waals surface area contributed by atoms with Crippen LogP contribution >= 0.6 is 11.3 Å². The Kier molecular flexibility index (Phi) is 10.6. The number of benzene rings is 2. The van der Waals surface area contributed by atoms with Gasteiger partial charge in [-0.05, 0) is 93.0 Å². The Labute approximate surface area is 242 Å². The molecule has 8 heteroatoms. The molecule has 0 atom stereocenters. The molecule has 1 fully saturated rings. The van der Waals surface area contributed by atoms with Gasteiger partial charge in [0.15, 0.2) is 11.5 Å². The minimum absolute atomic E-state index is 0.0461. The summed E-state index contributed by atoms with van der Waals surface area (Å²) in [5.74, 6) is 1.20. The summed E-state index contributed by atoms with van der Waals surface area (Å²) in [6.07, 6.45) is 3.04. The molecule has 40 heavy (non-hydrogen) atoms. The van der Waals surface area contributed by atoms with E-state index in [9.17, 15) is 9.59 Å². The number of carbonyl (C=O) groups is 2. The molecule has 0 N–H and O–H groups in total. The van der Waals surface area contributed by atoms with E-state index >= 15 is 0 Å². The fraction of sp³-hybridized carbons (Fsp3) is 0.438. The molecule has 2 aromatic carbocycles. The van der Waals surface area contributed by atoms with Gasteiger partial charge < -0.3 is 24.2 Å². The zero-order valence-electron chi connectivity index (χ0n) is 24.2. The zero-order valence-corrected chi connectivity index (χ0v) is 25.0. The Hall–Kier alpha value is -3.36. The van der Waals surface area contributed by atoms with Crippen molar-refractivity contribution in [3.05, 3.63) is 81.0 Å². The Morgan fingerprint density at radius 2 is 1.62 bits per heavy atom. The van der Waals surface area contributed by atoms with Crippen LogP contribution in [0.15, 0.2) is 53.9 Å². The Bertz CT molecular complexity index is 1270. The largest absolute Gasteiger partial charge is 0.493 e.